The number of aromatic nitrogens is 4. The van der Waals surface area contributed by atoms with Crippen LogP contribution in [0.15, 0.2) is 70.6 Å². The molecule has 3 N–H and O–H groups in total. The average molecular weight is 397 g/mol. The fourth-order valence-electron chi connectivity index (χ4n) is 2.79. The summed E-state index contributed by atoms with van der Waals surface area (Å²) in [5, 5.41) is 2.88. The van der Waals surface area contributed by atoms with Crippen molar-refractivity contribution < 1.29 is 13.0 Å². The number of H-pyrrole nitrogens is 1. The largest absolute Gasteiger partial charge is 0.326 e. The molecule has 9 nitrogen and oxygen atoms in total. The number of fused-ring (bicyclic) bond motifs is 1. The average Bonchev–Trinajstić information content (AvgIpc) is 3.05. The Balaban J connectivity index is 1.62. The Kier molecular flexibility index (Phi) is 4.41. The fourth-order valence-corrected chi connectivity index (χ4v) is 3.27. The molecule has 0 spiro atoms. The van der Waals surface area contributed by atoms with E-state index < -0.39 is 10.1 Å². The number of hydrogen-bond acceptors (Lipinski definition) is 6. The molecule has 28 heavy (non-hydrogen) atoms. The van der Waals surface area contributed by atoms with E-state index in [0.717, 1.165) is 5.56 Å². The van der Waals surface area contributed by atoms with Crippen molar-refractivity contribution in [2.24, 2.45) is 0 Å². The van der Waals surface area contributed by atoms with Gasteiger partial charge in [-0.3, -0.25) is 14.3 Å². The van der Waals surface area contributed by atoms with Crippen LogP contribution in [0.5, 0.6) is 0 Å². The van der Waals surface area contributed by atoms with E-state index in [1.165, 1.54) is 24.3 Å². The number of nitrogens with one attached hydrogen (secondary N) is 2. The monoisotopic (exact) mass is 397 g/mol. The molecule has 2 aromatic carbocycles. The van der Waals surface area contributed by atoms with Crippen molar-refractivity contribution in [3.8, 4) is 0 Å². The molecule has 0 amide bonds. The van der Waals surface area contributed by atoms with Crippen LogP contribution in [0, 0.1) is 0 Å². The Morgan fingerprint density at radius 2 is 1.79 bits per heavy atom. The number of rotatable bonds is 5. The Morgan fingerprint density at radius 3 is 2.46 bits per heavy atom. The van der Waals surface area contributed by atoms with Crippen LogP contribution in [0.25, 0.3) is 11.2 Å². The quantitative estimate of drug-likeness (QED) is 0.440. The molecule has 4 rings (SSSR count). The van der Waals surface area contributed by atoms with Gasteiger partial charge in [0.1, 0.15) is 0 Å². The minimum absolute atomic E-state index is 0.169. The Hall–Kier alpha value is -3.50. The van der Waals surface area contributed by atoms with Gasteiger partial charge in [-0.2, -0.15) is 13.4 Å². The number of nitrogens with zero attached hydrogens (tertiary/aromatic N) is 3. The van der Waals surface area contributed by atoms with Crippen molar-refractivity contribution >= 4 is 32.9 Å². The second-order valence-electron chi connectivity index (χ2n) is 6.07. The molecule has 0 unspecified atom stereocenters. The molecule has 0 radical (unpaired) electrons. The summed E-state index contributed by atoms with van der Waals surface area (Å²) in [5.41, 5.74) is 1.81. The summed E-state index contributed by atoms with van der Waals surface area (Å²) >= 11 is 0. The number of hydrogen-bond donors (Lipinski definition) is 3. The zero-order valence-corrected chi connectivity index (χ0v) is 15.2. The molecule has 0 aliphatic rings. The molecule has 0 saturated carbocycles. The SMILES string of the molecule is O=c1[nH]c(Nc2ccc(S(=O)(=O)O)cc2)nc2ncn(Cc3ccccc3)c12. The van der Waals surface area contributed by atoms with Crippen molar-refractivity contribution in [1.29, 1.82) is 0 Å². The van der Waals surface area contributed by atoms with Crippen molar-refractivity contribution in [2.75, 3.05) is 5.32 Å². The lowest BCUT2D eigenvalue weighted by Crippen LogP contribution is -2.14. The topological polar surface area (TPSA) is 130 Å². The summed E-state index contributed by atoms with van der Waals surface area (Å²) in [4.78, 5) is 23.5. The van der Waals surface area contributed by atoms with Gasteiger partial charge in [0.05, 0.1) is 11.2 Å². The fraction of sp³-hybridized carbons (Fsp3) is 0.0556. The van der Waals surface area contributed by atoms with Gasteiger partial charge in [0, 0.05) is 12.2 Å². The highest BCUT2D eigenvalue weighted by Gasteiger charge is 2.12. The highest BCUT2D eigenvalue weighted by molar-refractivity contribution is 7.85. The van der Waals surface area contributed by atoms with E-state index in [2.05, 4.69) is 20.3 Å². The maximum Gasteiger partial charge on any atom is 0.294 e. The van der Waals surface area contributed by atoms with E-state index in [1.807, 2.05) is 30.3 Å². The van der Waals surface area contributed by atoms with Crippen LogP contribution in [-0.4, -0.2) is 32.5 Å². The van der Waals surface area contributed by atoms with Gasteiger partial charge in [-0.25, -0.2) is 4.98 Å². The Morgan fingerprint density at radius 1 is 1.07 bits per heavy atom. The smallest absolute Gasteiger partial charge is 0.294 e. The minimum atomic E-state index is -4.27. The van der Waals surface area contributed by atoms with Crippen LogP contribution in [0.4, 0.5) is 11.6 Å². The zero-order valence-electron chi connectivity index (χ0n) is 14.4. The summed E-state index contributed by atoms with van der Waals surface area (Å²) in [6.07, 6.45) is 1.56. The first-order chi connectivity index (χ1) is 13.4. The summed E-state index contributed by atoms with van der Waals surface area (Å²) < 4.78 is 32.9. The van der Waals surface area contributed by atoms with Gasteiger partial charge < -0.3 is 9.88 Å². The molecular formula is C18H15N5O4S. The van der Waals surface area contributed by atoms with Gasteiger partial charge in [-0.15, -0.1) is 0 Å². The second-order valence-corrected chi connectivity index (χ2v) is 7.49. The van der Waals surface area contributed by atoms with E-state index in [0.29, 0.717) is 17.7 Å². The third kappa shape index (κ3) is 3.63. The molecule has 0 fully saturated rings. The zero-order chi connectivity index (χ0) is 19.7. The highest BCUT2D eigenvalue weighted by atomic mass is 32.2. The predicted molar refractivity (Wildman–Crippen MR) is 103 cm³/mol. The first kappa shape index (κ1) is 17.9. The van der Waals surface area contributed by atoms with E-state index in [1.54, 1.807) is 10.9 Å². The molecule has 0 atom stereocenters. The van der Waals surface area contributed by atoms with Gasteiger partial charge in [0.25, 0.3) is 15.7 Å². The van der Waals surface area contributed by atoms with Gasteiger partial charge in [-0.1, -0.05) is 30.3 Å². The molecule has 10 heteroatoms. The molecule has 0 saturated heterocycles. The standard InChI is InChI=1S/C18H15N5O4S/c24-17-15-16(19-11-23(15)10-12-4-2-1-3-5-12)21-18(22-17)20-13-6-8-14(9-7-13)28(25,26)27/h1-9,11H,10H2,(H,25,26,27)(H2,20,21,22,24). The number of benzene rings is 2. The number of anilines is 2. The van der Waals surface area contributed by atoms with Crippen LogP contribution in [0.2, 0.25) is 0 Å². The van der Waals surface area contributed by atoms with E-state index in [-0.39, 0.29) is 22.1 Å². The first-order valence-corrected chi connectivity index (χ1v) is 9.68. The third-order valence-electron chi connectivity index (χ3n) is 4.09. The van der Waals surface area contributed by atoms with Crippen LogP contribution in [0.1, 0.15) is 5.56 Å². The number of imidazole rings is 1. The predicted octanol–water partition coefficient (Wildman–Crippen LogP) is 2.16. The molecule has 2 heterocycles. The van der Waals surface area contributed by atoms with Crippen molar-refractivity contribution in [1.82, 2.24) is 19.5 Å². The highest BCUT2D eigenvalue weighted by Crippen LogP contribution is 2.17. The molecule has 2 aromatic heterocycles. The lowest BCUT2D eigenvalue weighted by molar-refractivity contribution is 0.483. The third-order valence-corrected chi connectivity index (χ3v) is 4.96. The molecule has 0 aliphatic heterocycles. The lowest BCUT2D eigenvalue weighted by Gasteiger charge is -2.07. The van der Waals surface area contributed by atoms with Crippen LogP contribution in [-0.2, 0) is 16.7 Å². The van der Waals surface area contributed by atoms with Gasteiger partial charge in [-0.05, 0) is 29.8 Å². The van der Waals surface area contributed by atoms with E-state index in [4.69, 9.17) is 4.55 Å². The summed E-state index contributed by atoms with van der Waals surface area (Å²) in [7, 11) is -4.27. The van der Waals surface area contributed by atoms with Crippen LogP contribution >= 0.6 is 0 Å². The van der Waals surface area contributed by atoms with Crippen LogP contribution in [0.3, 0.4) is 0 Å². The Bertz CT molecular complexity index is 1300. The minimum Gasteiger partial charge on any atom is -0.326 e. The Labute approximate surface area is 159 Å². The van der Waals surface area contributed by atoms with Crippen molar-refractivity contribution in [3.63, 3.8) is 0 Å². The maximum atomic E-state index is 12.5. The van der Waals surface area contributed by atoms with Gasteiger partial charge in [0.15, 0.2) is 11.2 Å². The van der Waals surface area contributed by atoms with Gasteiger partial charge in [0.2, 0.25) is 5.95 Å². The van der Waals surface area contributed by atoms with E-state index in [9.17, 15) is 13.2 Å². The summed E-state index contributed by atoms with van der Waals surface area (Å²) in [6, 6.07) is 15.1. The summed E-state index contributed by atoms with van der Waals surface area (Å²) in [6.45, 7) is 0.492. The maximum absolute atomic E-state index is 12.5. The van der Waals surface area contributed by atoms with Crippen molar-refractivity contribution in [3.05, 3.63) is 76.8 Å². The van der Waals surface area contributed by atoms with Gasteiger partial charge >= 0.3 is 0 Å². The normalized spacial score (nSPS) is 11.6. The molecule has 142 valence electrons. The molecular weight excluding hydrogens is 382 g/mol. The number of aromatic amines is 1. The first-order valence-electron chi connectivity index (χ1n) is 8.24. The van der Waals surface area contributed by atoms with Crippen LogP contribution < -0.4 is 10.9 Å². The lowest BCUT2D eigenvalue weighted by atomic mass is 10.2. The molecule has 4 aromatic rings. The second kappa shape index (κ2) is 6.91. The summed E-state index contributed by atoms with van der Waals surface area (Å²) in [5.74, 6) is 0.169. The van der Waals surface area contributed by atoms with Crippen molar-refractivity contribution in [2.45, 2.75) is 11.4 Å². The molecule has 0 bridgehead atoms. The van der Waals surface area contributed by atoms with E-state index >= 15 is 0 Å². The molecule has 0 aliphatic carbocycles.